The number of amides is 1. The second-order valence-corrected chi connectivity index (χ2v) is 8.67. The number of ether oxygens (including phenoxy) is 1. The molecule has 7 nitrogen and oxygen atoms in total. The maximum Gasteiger partial charge on any atom is 0.253 e. The first-order valence-electron chi connectivity index (χ1n) is 8.79. The van der Waals surface area contributed by atoms with E-state index in [-0.39, 0.29) is 16.5 Å². The number of halogens is 1. The molecule has 1 amide bonds. The molecule has 2 aromatic rings. The fourth-order valence-corrected chi connectivity index (χ4v) is 3.72. The van der Waals surface area contributed by atoms with E-state index in [0.29, 0.717) is 12.2 Å². The Bertz CT molecular complexity index is 942. The summed E-state index contributed by atoms with van der Waals surface area (Å²) in [6.07, 6.45) is 1.05. The van der Waals surface area contributed by atoms with E-state index in [1.165, 1.54) is 18.2 Å². The number of hydrogen-bond acceptors (Lipinski definition) is 5. The molecular weight excluding hydrogens is 402 g/mol. The summed E-state index contributed by atoms with van der Waals surface area (Å²) < 4.78 is 30.2. The first kappa shape index (κ1) is 20.4. The van der Waals surface area contributed by atoms with Gasteiger partial charge < -0.3 is 15.0 Å². The van der Waals surface area contributed by atoms with E-state index in [9.17, 15) is 13.2 Å². The molecule has 150 valence electrons. The molecule has 1 aliphatic heterocycles. The molecule has 0 saturated carbocycles. The lowest BCUT2D eigenvalue weighted by atomic mass is 10.1. The van der Waals surface area contributed by atoms with Crippen LogP contribution in [0.15, 0.2) is 42.5 Å². The van der Waals surface area contributed by atoms with Crippen molar-refractivity contribution in [2.24, 2.45) is 0 Å². The fraction of sp³-hybridized carbons (Fsp3) is 0.316. The molecule has 9 heteroatoms. The Morgan fingerprint density at radius 1 is 1.14 bits per heavy atom. The lowest BCUT2D eigenvalue weighted by Crippen LogP contribution is -2.36. The molecule has 2 N–H and O–H groups in total. The highest BCUT2D eigenvalue weighted by atomic mass is 35.5. The van der Waals surface area contributed by atoms with Gasteiger partial charge in [-0.3, -0.25) is 9.52 Å². The first-order valence-corrected chi connectivity index (χ1v) is 11.1. The second-order valence-electron chi connectivity index (χ2n) is 6.52. The number of benzene rings is 2. The molecule has 0 aliphatic carbocycles. The molecule has 1 fully saturated rings. The fourth-order valence-electron chi connectivity index (χ4n) is 2.90. The van der Waals surface area contributed by atoms with Crippen LogP contribution in [-0.4, -0.2) is 46.9 Å². The lowest BCUT2D eigenvalue weighted by Gasteiger charge is -2.28. The third-order valence-electron chi connectivity index (χ3n) is 4.28. The molecule has 1 aliphatic rings. The molecule has 1 saturated heterocycles. The maximum atomic E-state index is 12.4. The lowest BCUT2D eigenvalue weighted by molar-refractivity contribution is 0.0951. The standard InChI is InChI=1S/C19H22ClN3O4S/c1-28(25,26)22-15-4-7-17(18(20)12-15)19(24)21-13-14-2-5-16(6-3-14)23-8-10-27-11-9-23/h2-7,12,22H,8-11,13H2,1H3,(H,21,24). The van der Waals surface area contributed by atoms with E-state index >= 15 is 0 Å². The third kappa shape index (κ3) is 5.60. The van der Waals surface area contributed by atoms with Crippen molar-refractivity contribution in [3.05, 3.63) is 58.6 Å². The number of anilines is 2. The average molecular weight is 424 g/mol. The van der Waals surface area contributed by atoms with E-state index in [1.807, 2.05) is 24.3 Å². The van der Waals surface area contributed by atoms with Crippen LogP contribution < -0.4 is 14.9 Å². The quantitative estimate of drug-likeness (QED) is 0.745. The number of morpholine rings is 1. The smallest absolute Gasteiger partial charge is 0.253 e. The molecule has 0 radical (unpaired) electrons. The Hall–Kier alpha value is -2.29. The largest absolute Gasteiger partial charge is 0.378 e. The van der Waals surface area contributed by atoms with Crippen molar-refractivity contribution in [2.45, 2.75) is 6.54 Å². The summed E-state index contributed by atoms with van der Waals surface area (Å²) >= 11 is 6.13. The van der Waals surface area contributed by atoms with E-state index < -0.39 is 10.0 Å². The highest BCUT2D eigenvalue weighted by Crippen LogP contribution is 2.22. The van der Waals surface area contributed by atoms with Gasteiger partial charge in [-0.1, -0.05) is 23.7 Å². The summed E-state index contributed by atoms with van der Waals surface area (Å²) in [5, 5.41) is 3.00. The summed E-state index contributed by atoms with van der Waals surface area (Å²) in [5.74, 6) is -0.326. The third-order valence-corrected chi connectivity index (χ3v) is 5.20. The van der Waals surface area contributed by atoms with E-state index in [4.69, 9.17) is 16.3 Å². The number of carbonyl (C=O) groups is 1. The highest BCUT2D eigenvalue weighted by molar-refractivity contribution is 7.92. The maximum absolute atomic E-state index is 12.4. The van der Waals surface area contributed by atoms with E-state index in [1.54, 1.807) is 0 Å². The molecule has 0 aromatic heterocycles. The topological polar surface area (TPSA) is 87.7 Å². The zero-order chi connectivity index (χ0) is 20.1. The number of hydrogen-bond donors (Lipinski definition) is 2. The SMILES string of the molecule is CS(=O)(=O)Nc1ccc(C(=O)NCc2ccc(N3CCOCC3)cc2)c(Cl)c1. The highest BCUT2D eigenvalue weighted by Gasteiger charge is 2.13. The van der Waals surface area contributed by atoms with Crippen LogP contribution in [0, 0.1) is 0 Å². The van der Waals surface area contributed by atoms with E-state index in [0.717, 1.165) is 43.8 Å². The van der Waals surface area contributed by atoms with Crippen molar-refractivity contribution in [1.29, 1.82) is 0 Å². The van der Waals surface area contributed by atoms with Gasteiger partial charge in [0.1, 0.15) is 0 Å². The number of sulfonamides is 1. The van der Waals surface area contributed by atoms with Crippen LogP contribution in [0.2, 0.25) is 5.02 Å². The predicted octanol–water partition coefficient (Wildman–Crippen LogP) is 2.48. The monoisotopic (exact) mass is 423 g/mol. The Kier molecular flexibility index (Phi) is 6.43. The van der Waals surface area contributed by atoms with Crippen molar-refractivity contribution < 1.29 is 17.9 Å². The molecule has 0 unspecified atom stereocenters. The van der Waals surface area contributed by atoms with Crippen molar-refractivity contribution in [1.82, 2.24) is 5.32 Å². The Morgan fingerprint density at radius 3 is 2.43 bits per heavy atom. The van der Waals surface area contributed by atoms with Gasteiger partial charge in [0.25, 0.3) is 5.91 Å². The van der Waals surface area contributed by atoms with Crippen LogP contribution in [0.25, 0.3) is 0 Å². The molecule has 0 spiro atoms. The Labute approximate surface area is 169 Å². The number of nitrogens with zero attached hydrogens (tertiary/aromatic N) is 1. The predicted molar refractivity (Wildman–Crippen MR) is 111 cm³/mol. The van der Waals surface area contributed by atoms with Gasteiger partial charge in [0, 0.05) is 31.0 Å². The minimum atomic E-state index is -3.40. The van der Waals surface area contributed by atoms with Gasteiger partial charge in [-0.15, -0.1) is 0 Å². The van der Waals surface area contributed by atoms with Crippen LogP contribution in [0.5, 0.6) is 0 Å². The summed E-state index contributed by atoms with van der Waals surface area (Å²) in [6.45, 7) is 3.58. The Morgan fingerprint density at radius 2 is 1.82 bits per heavy atom. The van der Waals surface area contributed by atoms with Crippen molar-refractivity contribution in [3.63, 3.8) is 0 Å². The van der Waals surface area contributed by atoms with Crippen LogP contribution >= 0.6 is 11.6 Å². The van der Waals surface area contributed by atoms with Crippen LogP contribution in [0.4, 0.5) is 11.4 Å². The first-order chi connectivity index (χ1) is 13.3. The molecule has 0 bridgehead atoms. The molecule has 2 aromatic carbocycles. The van der Waals surface area contributed by atoms with Gasteiger partial charge in [-0.2, -0.15) is 0 Å². The summed E-state index contributed by atoms with van der Waals surface area (Å²) in [4.78, 5) is 14.7. The van der Waals surface area contributed by atoms with Gasteiger partial charge in [-0.05, 0) is 35.9 Å². The van der Waals surface area contributed by atoms with Gasteiger partial charge in [-0.25, -0.2) is 8.42 Å². The van der Waals surface area contributed by atoms with Crippen molar-refractivity contribution >= 4 is 38.9 Å². The van der Waals surface area contributed by atoms with Crippen molar-refractivity contribution in [3.8, 4) is 0 Å². The number of rotatable bonds is 6. The minimum Gasteiger partial charge on any atom is -0.378 e. The van der Waals surface area contributed by atoms with Gasteiger partial charge in [0.15, 0.2) is 0 Å². The van der Waals surface area contributed by atoms with Gasteiger partial charge in [0.2, 0.25) is 10.0 Å². The molecule has 3 rings (SSSR count). The summed E-state index contributed by atoms with van der Waals surface area (Å²) in [5.41, 5.74) is 2.70. The summed E-state index contributed by atoms with van der Waals surface area (Å²) in [6, 6.07) is 12.4. The zero-order valence-electron chi connectivity index (χ0n) is 15.4. The molecule has 1 heterocycles. The molecule has 0 atom stereocenters. The van der Waals surface area contributed by atoms with Crippen molar-refractivity contribution in [2.75, 3.05) is 42.2 Å². The number of carbonyl (C=O) groups excluding carboxylic acids is 1. The van der Waals surface area contributed by atoms with Crippen LogP contribution in [-0.2, 0) is 21.3 Å². The van der Waals surface area contributed by atoms with Crippen LogP contribution in [0.1, 0.15) is 15.9 Å². The molecular formula is C19H22ClN3O4S. The van der Waals surface area contributed by atoms with E-state index in [2.05, 4.69) is 14.9 Å². The molecule has 28 heavy (non-hydrogen) atoms. The van der Waals surface area contributed by atoms with Gasteiger partial charge in [0.05, 0.1) is 30.1 Å². The Balaban J connectivity index is 1.59. The minimum absolute atomic E-state index is 0.175. The zero-order valence-corrected chi connectivity index (χ0v) is 17.0. The normalized spacial score (nSPS) is 14.6. The number of nitrogens with one attached hydrogen (secondary N) is 2. The van der Waals surface area contributed by atoms with Crippen LogP contribution in [0.3, 0.4) is 0 Å². The van der Waals surface area contributed by atoms with Gasteiger partial charge >= 0.3 is 0 Å². The average Bonchev–Trinajstić information content (AvgIpc) is 2.66. The second kappa shape index (κ2) is 8.81. The summed E-state index contributed by atoms with van der Waals surface area (Å²) in [7, 11) is -3.40.